The summed E-state index contributed by atoms with van der Waals surface area (Å²) in [6.45, 7) is 3.84. The van der Waals surface area contributed by atoms with E-state index in [2.05, 4.69) is 6.07 Å². The first-order chi connectivity index (χ1) is 7.04. The number of rotatable bonds is 1. The van der Waals surface area contributed by atoms with Gasteiger partial charge >= 0.3 is 0 Å². The summed E-state index contributed by atoms with van der Waals surface area (Å²) >= 11 is 6.08. The first-order valence-corrected chi connectivity index (χ1v) is 4.93. The largest absolute Gasteiger partial charge is 0.454 e. The third-order valence-corrected chi connectivity index (χ3v) is 2.73. The van der Waals surface area contributed by atoms with Crippen molar-refractivity contribution < 1.29 is 9.47 Å². The lowest BCUT2D eigenvalue weighted by molar-refractivity contribution is 0.174. The molecule has 1 heterocycles. The van der Waals surface area contributed by atoms with Gasteiger partial charge in [-0.25, -0.2) is 0 Å². The van der Waals surface area contributed by atoms with Crippen LogP contribution in [0.5, 0.6) is 11.5 Å². The fourth-order valence-corrected chi connectivity index (χ4v) is 1.85. The molecule has 0 N–H and O–H groups in total. The van der Waals surface area contributed by atoms with Gasteiger partial charge in [-0.3, -0.25) is 0 Å². The second-order valence-corrected chi connectivity index (χ2v) is 4.33. The molecule has 0 amide bonds. The molecule has 4 heteroatoms. The van der Waals surface area contributed by atoms with Gasteiger partial charge in [0.25, 0.3) is 0 Å². The fourth-order valence-electron chi connectivity index (χ4n) is 1.46. The fraction of sp³-hybridized carbons (Fsp3) is 0.364. The lowest BCUT2D eigenvalue weighted by Gasteiger charge is -2.17. The summed E-state index contributed by atoms with van der Waals surface area (Å²) in [6.07, 6.45) is 0. The minimum Gasteiger partial charge on any atom is -0.454 e. The van der Waals surface area contributed by atoms with Crippen LogP contribution in [-0.4, -0.2) is 6.79 Å². The predicted octanol–water partition coefficient (Wildman–Crippen LogP) is 2.87. The minimum absolute atomic E-state index is 0.210. The molecule has 3 nitrogen and oxygen atoms in total. The Labute approximate surface area is 93.2 Å². The van der Waals surface area contributed by atoms with Gasteiger partial charge in [-0.15, -0.1) is 0 Å². The molecule has 1 aliphatic rings. The predicted molar refractivity (Wildman–Crippen MR) is 56.2 cm³/mol. The molecule has 0 saturated carbocycles. The van der Waals surface area contributed by atoms with Crippen molar-refractivity contribution in [2.45, 2.75) is 19.3 Å². The highest BCUT2D eigenvalue weighted by Crippen LogP contribution is 2.40. The van der Waals surface area contributed by atoms with Crippen LogP contribution in [0.15, 0.2) is 12.1 Å². The molecule has 2 rings (SSSR count). The molecule has 1 aliphatic heterocycles. The summed E-state index contributed by atoms with van der Waals surface area (Å²) in [6, 6.07) is 5.67. The number of benzene rings is 1. The van der Waals surface area contributed by atoms with Crippen molar-refractivity contribution in [1.29, 1.82) is 5.26 Å². The maximum Gasteiger partial charge on any atom is 0.231 e. The SMILES string of the molecule is CC(C)(C#N)c1cc2c(cc1Cl)OCO2. The van der Waals surface area contributed by atoms with Gasteiger partial charge < -0.3 is 9.47 Å². The van der Waals surface area contributed by atoms with E-state index in [-0.39, 0.29) is 6.79 Å². The van der Waals surface area contributed by atoms with Gasteiger partial charge in [0.15, 0.2) is 11.5 Å². The molecule has 0 spiro atoms. The number of hydrogen-bond donors (Lipinski definition) is 0. The Kier molecular flexibility index (Phi) is 2.24. The second kappa shape index (κ2) is 3.32. The summed E-state index contributed by atoms with van der Waals surface area (Å²) < 4.78 is 10.4. The molecule has 0 bridgehead atoms. The van der Waals surface area contributed by atoms with E-state index in [0.717, 1.165) is 5.56 Å². The smallest absolute Gasteiger partial charge is 0.231 e. The summed E-state index contributed by atoms with van der Waals surface area (Å²) in [7, 11) is 0. The summed E-state index contributed by atoms with van der Waals surface area (Å²) in [5.41, 5.74) is 0.133. The highest BCUT2D eigenvalue weighted by atomic mass is 35.5. The number of nitrogens with zero attached hydrogens (tertiary/aromatic N) is 1. The van der Waals surface area contributed by atoms with Crippen molar-refractivity contribution in [3.63, 3.8) is 0 Å². The minimum atomic E-state index is -0.627. The second-order valence-electron chi connectivity index (χ2n) is 3.92. The third-order valence-electron chi connectivity index (χ3n) is 2.42. The molecule has 1 aromatic rings. The van der Waals surface area contributed by atoms with Crippen LogP contribution in [-0.2, 0) is 5.41 Å². The topological polar surface area (TPSA) is 42.2 Å². The van der Waals surface area contributed by atoms with E-state index in [1.807, 2.05) is 13.8 Å². The van der Waals surface area contributed by atoms with Gasteiger partial charge in [0, 0.05) is 11.1 Å². The van der Waals surface area contributed by atoms with Crippen molar-refractivity contribution in [1.82, 2.24) is 0 Å². The van der Waals surface area contributed by atoms with Crippen LogP contribution in [0.4, 0.5) is 0 Å². The molecule has 0 aromatic heterocycles. The van der Waals surface area contributed by atoms with E-state index in [1.54, 1.807) is 12.1 Å². The molecule has 0 aliphatic carbocycles. The number of nitriles is 1. The van der Waals surface area contributed by atoms with Crippen LogP contribution in [0.2, 0.25) is 5.02 Å². The molecule has 15 heavy (non-hydrogen) atoms. The van der Waals surface area contributed by atoms with Crippen molar-refractivity contribution >= 4 is 11.6 Å². The molecular weight excluding hydrogens is 214 g/mol. The maximum absolute atomic E-state index is 9.04. The standard InChI is InChI=1S/C11H10ClNO2/c1-11(2,5-13)7-3-9-10(4-8(7)12)15-6-14-9/h3-4H,6H2,1-2H3. The molecule has 0 atom stereocenters. The van der Waals surface area contributed by atoms with Crippen molar-refractivity contribution in [2.75, 3.05) is 6.79 Å². The zero-order valence-electron chi connectivity index (χ0n) is 8.50. The van der Waals surface area contributed by atoms with Crippen LogP contribution in [0.25, 0.3) is 0 Å². The maximum atomic E-state index is 9.04. The van der Waals surface area contributed by atoms with E-state index in [4.69, 9.17) is 26.3 Å². The van der Waals surface area contributed by atoms with Gasteiger partial charge in [0.05, 0.1) is 11.5 Å². The molecule has 78 valence electrons. The van der Waals surface area contributed by atoms with Crippen LogP contribution in [0.1, 0.15) is 19.4 Å². The normalized spacial score (nSPS) is 13.7. The van der Waals surface area contributed by atoms with Gasteiger partial charge in [-0.05, 0) is 25.5 Å². The summed E-state index contributed by atoms with van der Waals surface area (Å²) in [5, 5.41) is 9.57. The summed E-state index contributed by atoms with van der Waals surface area (Å²) in [5.74, 6) is 1.29. The summed E-state index contributed by atoms with van der Waals surface area (Å²) in [4.78, 5) is 0. The number of hydrogen-bond acceptors (Lipinski definition) is 3. The molecule has 0 radical (unpaired) electrons. The van der Waals surface area contributed by atoms with Gasteiger partial charge in [0.1, 0.15) is 0 Å². The third kappa shape index (κ3) is 1.62. The molecule has 0 saturated heterocycles. The zero-order valence-corrected chi connectivity index (χ0v) is 9.26. The molecule has 1 aromatic carbocycles. The Hall–Kier alpha value is -1.40. The Morgan fingerprint density at radius 3 is 2.53 bits per heavy atom. The lowest BCUT2D eigenvalue weighted by atomic mass is 9.86. The highest BCUT2D eigenvalue weighted by Gasteiger charge is 2.26. The molecule has 0 fully saturated rings. The number of fused-ring (bicyclic) bond motifs is 1. The highest BCUT2D eigenvalue weighted by molar-refractivity contribution is 6.31. The van der Waals surface area contributed by atoms with E-state index in [1.165, 1.54) is 0 Å². The Balaban J connectivity index is 2.55. The molecule has 0 unspecified atom stereocenters. The number of halogens is 1. The number of ether oxygens (including phenoxy) is 2. The monoisotopic (exact) mass is 223 g/mol. The van der Waals surface area contributed by atoms with Crippen LogP contribution in [0.3, 0.4) is 0 Å². The van der Waals surface area contributed by atoms with E-state index >= 15 is 0 Å². The Morgan fingerprint density at radius 2 is 1.93 bits per heavy atom. The average molecular weight is 224 g/mol. The first kappa shape index (κ1) is 10.1. The quantitative estimate of drug-likeness (QED) is 0.735. The van der Waals surface area contributed by atoms with Gasteiger partial charge in [-0.2, -0.15) is 5.26 Å². The first-order valence-electron chi connectivity index (χ1n) is 4.55. The van der Waals surface area contributed by atoms with E-state index in [9.17, 15) is 0 Å². The average Bonchev–Trinajstić information content (AvgIpc) is 2.63. The van der Waals surface area contributed by atoms with Crippen molar-refractivity contribution in [3.05, 3.63) is 22.7 Å². The van der Waals surface area contributed by atoms with Crippen molar-refractivity contribution in [2.24, 2.45) is 0 Å². The Bertz CT molecular complexity index is 449. The van der Waals surface area contributed by atoms with E-state index < -0.39 is 5.41 Å². The van der Waals surface area contributed by atoms with Gasteiger partial charge in [0.2, 0.25) is 6.79 Å². The van der Waals surface area contributed by atoms with Crippen LogP contribution >= 0.6 is 11.6 Å². The Morgan fingerprint density at radius 1 is 1.33 bits per heavy atom. The molecular formula is C11H10ClNO2. The van der Waals surface area contributed by atoms with Crippen LogP contribution in [0, 0.1) is 11.3 Å². The van der Waals surface area contributed by atoms with Crippen LogP contribution < -0.4 is 9.47 Å². The lowest BCUT2D eigenvalue weighted by Crippen LogP contribution is -2.14. The van der Waals surface area contributed by atoms with Crippen molar-refractivity contribution in [3.8, 4) is 17.6 Å². The van der Waals surface area contributed by atoms with Gasteiger partial charge in [-0.1, -0.05) is 11.6 Å². The van der Waals surface area contributed by atoms with E-state index in [0.29, 0.717) is 16.5 Å². The zero-order chi connectivity index (χ0) is 11.1.